The van der Waals surface area contributed by atoms with Crippen LogP contribution < -0.4 is 10.2 Å². The molecule has 0 spiro atoms. The molecule has 2 amide bonds. The van der Waals surface area contributed by atoms with Gasteiger partial charge in [0.25, 0.3) is 0 Å². The quantitative estimate of drug-likeness (QED) is 0.806. The van der Waals surface area contributed by atoms with E-state index in [1.165, 1.54) is 31.2 Å². The van der Waals surface area contributed by atoms with Gasteiger partial charge < -0.3 is 10.2 Å². The Balaban J connectivity index is 1.88. The number of hydrogen-bond acceptors (Lipinski definition) is 2. The highest BCUT2D eigenvalue weighted by molar-refractivity contribution is 5.92. The SMILES string of the molecule is CCc1ccc(N(CCC(=O)NC2CCCCCC2)C(C)=O)cc1. The van der Waals surface area contributed by atoms with Gasteiger partial charge in [-0.2, -0.15) is 0 Å². The van der Waals surface area contributed by atoms with E-state index in [0.29, 0.717) is 19.0 Å². The molecule has 0 aromatic heterocycles. The van der Waals surface area contributed by atoms with Gasteiger partial charge >= 0.3 is 0 Å². The predicted molar refractivity (Wildman–Crippen MR) is 98.1 cm³/mol. The summed E-state index contributed by atoms with van der Waals surface area (Å²) in [7, 11) is 0. The summed E-state index contributed by atoms with van der Waals surface area (Å²) in [6, 6.07) is 8.32. The summed E-state index contributed by atoms with van der Waals surface area (Å²) < 4.78 is 0. The molecule has 24 heavy (non-hydrogen) atoms. The third-order valence-corrected chi connectivity index (χ3v) is 4.82. The van der Waals surface area contributed by atoms with Crippen LogP contribution in [0.25, 0.3) is 0 Å². The van der Waals surface area contributed by atoms with Gasteiger partial charge in [-0.25, -0.2) is 0 Å². The summed E-state index contributed by atoms with van der Waals surface area (Å²) in [5.41, 5.74) is 2.11. The second-order valence-corrected chi connectivity index (χ2v) is 6.70. The number of carbonyl (C=O) groups excluding carboxylic acids is 2. The first-order chi connectivity index (χ1) is 11.6. The lowest BCUT2D eigenvalue weighted by Crippen LogP contribution is -2.38. The molecule has 0 saturated heterocycles. The Labute approximate surface area is 145 Å². The maximum atomic E-state index is 12.2. The van der Waals surface area contributed by atoms with E-state index in [1.807, 2.05) is 24.3 Å². The standard InChI is InChI=1S/C20H30N2O2/c1-3-17-10-12-19(13-11-17)22(16(2)23)15-14-20(24)21-18-8-6-4-5-7-9-18/h10-13,18H,3-9,14-15H2,1-2H3,(H,21,24). The molecule has 4 heteroatoms. The number of carbonyl (C=O) groups is 2. The molecule has 0 bridgehead atoms. The first-order valence-electron chi connectivity index (χ1n) is 9.26. The van der Waals surface area contributed by atoms with E-state index in [-0.39, 0.29) is 11.8 Å². The number of anilines is 1. The van der Waals surface area contributed by atoms with Gasteiger partial charge in [0, 0.05) is 31.6 Å². The van der Waals surface area contributed by atoms with Crippen molar-refractivity contribution in [3.8, 4) is 0 Å². The van der Waals surface area contributed by atoms with Crippen molar-refractivity contribution in [1.82, 2.24) is 5.32 Å². The van der Waals surface area contributed by atoms with Crippen LogP contribution in [0.4, 0.5) is 5.69 Å². The molecule has 0 radical (unpaired) electrons. The van der Waals surface area contributed by atoms with E-state index in [1.54, 1.807) is 11.8 Å². The summed E-state index contributed by atoms with van der Waals surface area (Å²) in [4.78, 5) is 25.9. The minimum atomic E-state index is -0.0264. The fraction of sp³-hybridized carbons (Fsp3) is 0.600. The number of benzene rings is 1. The summed E-state index contributed by atoms with van der Waals surface area (Å²) in [5.74, 6) is 0.0276. The molecule has 0 heterocycles. The van der Waals surface area contributed by atoms with Crippen LogP contribution in [0.1, 0.15) is 64.4 Å². The summed E-state index contributed by atoms with van der Waals surface area (Å²) >= 11 is 0. The molecule has 1 N–H and O–H groups in total. The minimum Gasteiger partial charge on any atom is -0.353 e. The predicted octanol–water partition coefficient (Wildman–Crippen LogP) is 3.83. The Morgan fingerprint density at radius 2 is 1.71 bits per heavy atom. The highest BCUT2D eigenvalue weighted by Crippen LogP contribution is 2.18. The zero-order chi connectivity index (χ0) is 17.4. The Morgan fingerprint density at radius 3 is 2.25 bits per heavy atom. The maximum Gasteiger partial charge on any atom is 0.223 e. The first kappa shape index (κ1) is 18.5. The third kappa shape index (κ3) is 5.66. The largest absolute Gasteiger partial charge is 0.353 e. The van der Waals surface area contributed by atoms with Crippen LogP contribution in [-0.2, 0) is 16.0 Å². The van der Waals surface area contributed by atoms with Crippen molar-refractivity contribution in [1.29, 1.82) is 0 Å². The van der Waals surface area contributed by atoms with Crippen LogP contribution in [-0.4, -0.2) is 24.4 Å². The van der Waals surface area contributed by atoms with Crippen molar-refractivity contribution in [2.75, 3.05) is 11.4 Å². The van der Waals surface area contributed by atoms with Crippen LogP contribution in [0.15, 0.2) is 24.3 Å². The van der Waals surface area contributed by atoms with Gasteiger partial charge in [0.1, 0.15) is 0 Å². The minimum absolute atomic E-state index is 0.0264. The topological polar surface area (TPSA) is 49.4 Å². The number of nitrogens with zero attached hydrogens (tertiary/aromatic N) is 1. The van der Waals surface area contributed by atoms with Crippen molar-refractivity contribution >= 4 is 17.5 Å². The van der Waals surface area contributed by atoms with E-state index < -0.39 is 0 Å². The van der Waals surface area contributed by atoms with Gasteiger partial charge in [0.2, 0.25) is 11.8 Å². The second-order valence-electron chi connectivity index (χ2n) is 6.70. The van der Waals surface area contributed by atoms with E-state index in [2.05, 4.69) is 12.2 Å². The fourth-order valence-electron chi connectivity index (χ4n) is 3.32. The Morgan fingerprint density at radius 1 is 1.08 bits per heavy atom. The molecular weight excluding hydrogens is 300 g/mol. The molecule has 1 aromatic carbocycles. The van der Waals surface area contributed by atoms with E-state index >= 15 is 0 Å². The summed E-state index contributed by atoms with van der Waals surface area (Å²) in [6.45, 7) is 4.09. The van der Waals surface area contributed by atoms with Crippen molar-refractivity contribution < 1.29 is 9.59 Å². The highest BCUT2D eigenvalue weighted by atomic mass is 16.2. The molecule has 2 rings (SSSR count). The van der Waals surface area contributed by atoms with Gasteiger partial charge in [-0.15, -0.1) is 0 Å². The molecule has 1 aromatic rings. The zero-order valence-corrected chi connectivity index (χ0v) is 15.0. The smallest absolute Gasteiger partial charge is 0.223 e. The van der Waals surface area contributed by atoms with Crippen molar-refractivity contribution in [3.63, 3.8) is 0 Å². The van der Waals surface area contributed by atoms with Crippen molar-refractivity contribution in [3.05, 3.63) is 29.8 Å². The number of aryl methyl sites for hydroxylation is 1. The third-order valence-electron chi connectivity index (χ3n) is 4.82. The van der Waals surface area contributed by atoms with Crippen LogP contribution in [0.2, 0.25) is 0 Å². The average Bonchev–Trinajstić information content (AvgIpc) is 2.84. The Hall–Kier alpha value is -1.84. The van der Waals surface area contributed by atoms with E-state index in [4.69, 9.17) is 0 Å². The van der Waals surface area contributed by atoms with Gasteiger partial charge in [0.05, 0.1) is 0 Å². The molecule has 4 nitrogen and oxygen atoms in total. The summed E-state index contributed by atoms with van der Waals surface area (Å²) in [5, 5.41) is 3.15. The number of nitrogens with one attached hydrogen (secondary N) is 1. The number of amides is 2. The van der Waals surface area contributed by atoms with E-state index in [0.717, 1.165) is 24.9 Å². The Bertz CT molecular complexity index is 531. The van der Waals surface area contributed by atoms with Crippen molar-refractivity contribution in [2.24, 2.45) is 0 Å². The monoisotopic (exact) mass is 330 g/mol. The Kier molecular flexibility index (Phi) is 7.29. The van der Waals surface area contributed by atoms with Crippen LogP contribution in [0.5, 0.6) is 0 Å². The molecule has 1 aliphatic carbocycles. The molecule has 132 valence electrons. The van der Waals surface area contributed by atoms with Crippen LogP contribution >= 0.6 is 0 Å². The van der Waals surface area contributed by atoms with Gasteiger partial charge in [-0.05, 0) is 37.0 Å². The normalized spacial score (nSPS) is 15.6. The molecule has 0 atom stereocenters. The van der Waals surface area contributed by atoms with Crippen LogP contribution in [0.3, 0.4) is 0 Å². The molecule has 1 fully saturated rings. The first-order valence-corrected chi connectivity index (χ1v) is 9.26. The van der Waals surface area contributed by atoms with E-state index in [9.17, 15) is 9.59 Å². The van der Waals surface area contributed by atoms with Crippen LogP contribution in [0, 0.1) is 0 Å². The highest BCUT2D eigenvalue weighted by Gasteiger charge is 2.17. The maximum absolute atomic E-state index is 12.2. The molecule has 0 aliphatic heterocycles. The summed E-state index contributed by atoms with van der Waals surface area (Å²) in [6.07, 6.45) is 8.45. The van der Waals surface area contributed by atoms with Gasteiger partial charge in [-0.3, -0.25) is 9.59 Å². The molecule has 1 saturated carbocycles. The molecule has 1 aliphatic rings. The second kappa shape index (κ2) is 9.45. The number of rotatable bonds is 6. The molecular formula is C20H30N2O2. The lowest BCUT2D eigenvalue weighted by molar-refractivity contribution is -0.121. The number of hydrogen-bond donors (Lipinski definition) is 1. The van der Waals surface area contributed by atoms with Gasteiger partial charge in [-0.1, -0.05) is 44.7 Å². The average molecular weight is 330 g/mol. The zero-order valence-electron chi connectivity index (χ0n) is 15.0. The lowest BCUT2D eigenvalue weighted by Gasteiger charge is -2.22. The van der Waals surface area contributed by atoms with Gasteiger partial charge in [0.15, 0.2) is 0 Å². The molecule has 0 unspecified atom stereocenters. The lowest BCUT2D eigenvalue weighted by atomic mass is 10.1. The fourth-order valence-corrected chi connectivity index (χ4v) is 3.32. The van der Waals surface area contributed by atoms with Crippen molar-refractivity contribution in [2.45, 2.75) is 71.3 Å².